The summed E-state index contributed by atoms with van der Waals surface area (Å²) >= 11 is 0. The Balaban J connectivity index is 2.68. The zero-order valence-corrected chi connectivity index (χ0v) is 12.2. The molecule has 0 saturated carbocycles. The molecule has 0 aromatic carbocycles. The number of anilines is 2. The van der Waals surface area contributed by atoms with Crippen molar-refractivity contribution >= 4 is 23.4 Å². The SMILES string of the molecule is CCNc1ncnc(NCCNC(=O)N(C)C)c1[N+](=O)[O-]. The van der Waals surface area contributed by atoms with Gasteiger partial charge in [-0.15, -0.1) is 0 Å². The second-order valence-corrected chi connectivity index (χ2v) is 4.26. The molecule has 21 heavy (non-hydrogen) atoms. The van der Waals surface area contributed by atoms with Crippen LogP contribution in [0.1, 0.15) is 6.92 Å². The topological polar surface area (TPSA) is 125 Å². The van der Waals surface area contributed by atoms with E-state index in [4.69, 9.17) is 0 Å². The van der Waals surface area contributed by atoms with Crippen molar-refractivity contribution in [2.24, 2.45) is 0 Å². The number of nitrogens with zero attached hydrogens (tertiary/aromatic N) is 4. The van der Waals surface area contributed by atoms with Crippen molar-refractivity contribution in [3.63, 3.8) is 0 Å². The highest BCUT2D eigenvalue weighted by Gasteiger charge is 2.22. The molecule has 2 amide bonds. The first kappa shape index (κ1) is 16.4. The Kier molecular flexibility index (Phi) is 6.11. The molecule has 0 fully saturated rings. The van der Waals surface area contributed by atoms with Gasteiger partial charge in [0.2, 0.25) is 11.6 Å². The van der Waals surface area contributed by atoms with Crippen LogP contribution in [0.2, 0.25) is 0 Å². The molecule has 0 bridgehead atoms. The van der Waals surface area contributed by atoms with Crippen molar-refractivity contribution in [3.05, 3.63) is 16.4 Å². The average Bonchev–Trinajstić information content (AvgIpc) is 2.43. The summed E-state index contributed by atoms with van der Waals surface area (Å²) in [5.74, 6) is 0.280. The summed E-state index contributed by atoms with van der Waals surface area (Å²) in [6, 6.07) is -0.234. The fourth-order valence-corrected chi connectivity index (χ4v) is 1.49. The predicted molar refractivity (Wildman–Crippen MR) is 78.4 cm³/mol. The summed E-state index contributed by atoms with van der Waals surface area (Å²) in [5, 5.41) is 19.4. The lowest BCUT2D eigenvalue weighted by Crippen LogP contribution is -2.37. The van der Waals surface area contributed by atoms with Crippen molar-refractivity contribution in [1.82, 2.24) is 20.2 Å². The lowest BCUT2D eigenvalue weighted by Gasteiger charge is -2.12. The molecule has 10 heteroatoms. The Bertz CT molecular complexity index is 507. The van der Waals surface area contributed by atoms with Crippen molar-refractivity contribution < 1.29 is 9.72 Å². The number of carbonyl (C=O) groups excluding carboxylic acids is 1. The van der Waals surface area contributed by atoms with Gasteiger partial charge >= 0.3 is 11.7 Å². The van der Waals surface area contributed by atoms with Gasteiger partial charge in [-0.25, -0.2) is 14.8 Å². The number of urea groups is 1. The van der Waals surface area contributed by atoms with Gasteiger partial charge < -0.3 is 20.9 Å². The van der Waals surface area contributed by atoms with Crippen LogP contribution in [0.5, 0.6) is 0 Å². The number of carbonyl (C=O) groups is 1. The average molecular weight is 297 g/mol. The van der Waals surface area contributed by atoms with E-state index in [1.54, 1.807) is 14.1 Å². The number of nitro groups is 1. The summed E-state index contributed by atoms with van der Waals surface area (Å²) in [6.45, 7) is 2.95. The molecule has 116 valence electrons. The molecule has 0 saturated heterocycles. The highest BCUT2D eigenvalue weighted by atomic mass is 16.6. The van der Waals surface area contributed by atoms with Gasteiger partial charge in [-0.2, -0.15) is 0 Å². The Morgan fingerprint density at radius 3 is 2.43 bits per heavy atom. The lowest BCUT2D eigenvalue weighted by molar-refractivity contribution is -0.383. The first-order valence-corrected chi connectivity index (χ1v) is 6.39. The minimum absolute atomic E-state index is 0.116. The van der Waals surface area contributed by atoms with Crippen molar-refractivity contribution in [3.8, 4) is 0 Å². The van der Waals surface area contributed by atoms with Crippen molar-refractivity contribution in [1.29, 1.82) is 0 Å². The number of rotatable bonds is 7. The molecule has 0 atom stereocenters. The molecule has 1 aromatic heterocycles. The van der Waals surface area contributed by atoms with E-state index in [0.29, 0.717) is 19.6 Å². The molecule has 0 aliphatic rings. The van der Waals surface area contributed by atoms with Gasteiger partial charge in [0.05, 0.1) is 4.92 Å². The quantitative estimate of drug-likeness (QED) is 0.380. The monoisotopic (exact) mass is 297 g/mol. The summed E-state index contributed by atoms with van der Waals surface area (Å²) < 4.78 is 0. The predicted octanol–water partition coefficient (Wildman–Crippen LogP) is 0.500. The van der Waals surface area contributed by atoms with Gasteiger partial charge in [-0.3, -0.25) is 10.1 Å². The van der Waals surface area contributed by atoms with Crippen LogP contribution in [-0.4, -0.2) is 59.6 Å². The molecule has 1 aromatic rings. The number of nitrogens with one attached hydrogen (secondary N) is 3. The Morgan fingerprint density at radius 1 is 1.29 bits per heavy atom. The van der Waals surface area contributed by atoms with E-state index in [-0.39, 0.29) is 23.4 Å². The molecule has 1 rings (SSSR count). The highest BCUT2D eigenvalue weighted by Crippen LogP contribution is 2.28. The third-order valence-electron chi connectivity index (χ3n) is 2.45. The van der Waals surface area contributed by atoms with Crippen LogP contribution in [0.15, 0.2) is 6.33 Å². The first-order valence-electron chi connectivity index (χ1n) is 6.39. The summed E-state index contributed by atoms with van der Waals surface area (Å²) in [7, 11) is 3.25. The molecule has 0 radical (unpaired) electrons. The number of amides is 2. The Morgan fingerprint density at radius 2 is 1.90 bits per heavy atom. The van der Waals surface area contributed by atoms with E-state index in [1.165, 1.54) is 11.2 Å². The Hall–Kier alpha value is -2.65. The number of hydrogen-bond acceptors (Lipinski definition) is 7. The van der Waals surface area contributed by atoms with E-state index in [1.807, 2.05) is 6.92 Å². The van der Waals surface area contributed by atoms with E-state index in [9.17, 15) is 14.9 Å². The zero-order chi connectivity index (χ0) is 15.8. The molecule has 0 aliphatic heterocycles. The normalized spacial score (nSPS) is 9.86. The van der Waals surface area contributed by atoms with Gasteiger partial charge in [0.15, 0.2) is 0 Å². The van der Waals surface area contributed by atoms with Crippen LogP contribution >= 0.6 is 0 Å². The molecular weight excluding hydrogens is 278 g/mol. The van der Waals surface area contributed by atoms with Gasteiger partial charge in [0.1, 0.15) is 6.33 Å². The van der Waals surface area contributed by atoms with E-state index in [0.717, 1.165) is 0 Å². The van der Waals surface area contributed by atoms with Crippen LogP contribution in [-0.2, 0) is 0 Å². The minimum atomic E-state index is -0.543. The van der Waals surface area contributed by atoms with Gasteiger partial charge in [-0.05, 0) is 6.92 Å². The maximum Gasteiger partial charge on any atom is 0.353 e. The second kappa shape index (κ2) is 7.82. The highest BCUT2D eigenvalue weighted by molar-refractivity contribution is 5.73. The maximum absolute atomic E-state index is 11.3. The molecule has 1 heterocycles. The van der Waals surface area contributed by atoms with Crippen LogP contribution in [0, 0.1) is 10.1 Å². The van der Waals surface area contributed by atoms with Gasteiger partial charge in [0.25, 0.3) is 0 Å². The zero-order valence-electron chi connectivity index (χ0n) is 12.2. The second-order valence-electron chi connectivity index (χ2n) is 4.26. The summed E-state index contributed by atoms with van der Waals surface area (Å²) in [5.41, 5.74) is -0.210. The molecule has 0 spiro atoms. The fourth-order valence-electron chi connectivity index (χ4n) is 1.49. The van der Waals surface area contributed by atoms with E-state index >= 15 is 0 Å². The molecule has 3 N–H and O–H groups in total. The van der Waals surface area contributed by atoms with E-state index < -0.39 is 4.92 Å². The molecule has 0 aliphatic carbocycles. The summed E-state index contributed by atoms with van der Waals surface area (Å²) in [4.78, 5) is 31.0. The number of hydrogen-bond donors (Lipinski definition) is 3. The fraction of sp³-hybridized carbons (Fsp3) is 0.545. The molecule has 0 unspecified atom stereocenters. The van der Waals surface area contributed by atoms with Crippen LogP contribution < -0.4 is 16.0 Å². The van der Waals surface area contributed by atoms with Gasteiger partial charge in [0, 0.05) is 33.7 Å². The van der Waals surface area contributed by atoms with E-state index in [2.05, 4.69) is 25.9 Å². The standard InChI is InChI=1S/C11H19N7O3/c1-4-12-9-8(18(20)21)10(16-7-15-9)13-5-6-14-11(19)17(2)3/h7H,4-6H2,1-3H3,(H,14,19)(H2,12,13,15,16). The van der Waals surface area contributed by atoms with Crippen LogP contribution in [0.3, 0.4) is 0 Å². The lowest BCUT2D eigenvalue weighted by atomic mass is 10.4. The minimum Gasteiger partial charge on any atom is -0.364 e. The molecular formula is C11H19N7O3. The first-order chi connectivity index (χ1) is 9.97. The van der Waals surface area contributed by atoms with Crippen molar-refractivity contribution in [2.45, 2.75) is 6.92 Å². The third kappa shape index (κ3) is 4.75. The van der Waals surface area contributed by atoms with Crippen molar-refractivity contribution in [2.75, 3.05) is 44.4 Å². The maximum atomic E-state index is 11.3. The Labute approximate surface area is 122 Å². The number of aromatic nitrogens is 2. The largest absolute Gasteiger partial charge is 0.364 e. The van der Waals surface area contributed by atoms with Gasteiger partial charge in [-0.1, -0.05) is 0 Å². The summed E-state index contributed by atoms with van der Waals surface area (Å²) in [6.07, 6.45) is 1.24. The molecule has 10 nitrogen and oxygen atoms in total. The van der Waals surface area contributed by atoms with Crippen LogP contribution in [0.25, 0.3) is 0 Å². The smallest absolute Gasteiger partial charge is 0.353 e. The van der Waals surface area contributed by atoms with Crippen LogP contribution in [0.4, 0.5) is 22.1 Å². The third-order valence-corrected chi connectivity index (χ3v) is 2.45.